The molecule has 1 N–H and O–H groups in total. The number of imide groups is 1. The quantitative estimate of drug-likeness (QED) is 0.700. The Morgan fingerprint density at radius 3 is 2.46 bits per heavy atom. The smallest absolute Gasteiger partial charge is 0.289 e. The molecule has 3 aromatic carbocycles. The number of rotatable bonds is 5. The van der Waals surface area contributed by atoms with Gasteiger partial charge in [0.15, 0.2) is 0 Å². The standard InChI is InChI=1S/C22H18N2O3S/c25-20(23-18-12-6-10-16-9-4-5-11-17(16)18)13-19-21(26)24(22(27)28-19)14-15-7-2-1-3-8-15/h1-12,19H,13-14H2,(H,23,25)/t19-/m1/s1. The van der Waals surface area contributed by atoms with Crippen LogP contribution >= 0.6 is 11.8 Å². The van der Waals surface area contributed by atoms with Crippen LogP contribution in [0.1, 0.15) is 12.0 Å². The third-order valence-corrected chi connectivity index (χ3v) is 5.70. The molecule has 1 aliphatic rings. The number of anilines is 1. The van der Waals surface area contributed by atoms with E-state index in [-0.39, 0.29) is 30.0 Å². The van der Waals surface area contributed by atoms with Crippen molar-refractivity contribution in [1.29, 1.82) is 0 Å². The van der Waals surface area contributed by atoms with Gasteiger partial charge in [-0.2, -0.15) is 0 Å². The molecule has 0 aliphatic carbocycles. The molecule has 5 nitrogen and oxygen atoms in total. The van der Waals surface area contributed by atoms with Crippen LogP contribution < -0.4 is 5.32 Å². The van der Waals surface area contributed by atoms with Crippen molar-refractivity contribution in [2.75, 3.05) is 5.32 Å². The van der Waals surface area contributed by atoms with Crippen molar-refractivity contribution < 1.29 is 14.4 Å². The summed E-state index contributed by atoms with van der Waals surface area (Å²) >= 11 is 0.920. The number of benzene rings is 3. The van der Waals surface area contributed by atoms with Crippen molar-refractivity contribution >= 4 is 45.3 Å². The molecular weight excluding hydrogens is 372 g/mol. The van der Waals surface area contributed by atoms with Gasteiger partial charge in [0.1, 0.15) is 5.25 Å². The van der Waals surface area contributed by atoms with Crippen LogP contribution in [0.25, 0.3) is 10.8 Å². The van der Waals surface area contributed by atoms with Crippen molar-refractivity contribution in [3.8, 4) is 0 Å². The van der Waals surface area contributed by atoms with E-state index < -0.39 is 5.25 Å². The Bertz CT molecular complexity index is 1050. The molecule has 1 saturated heterocycles. The van der Waals surface area contributed by atoms with E-state index in [4.69, 9.17) is 0 Å². The fourth-order valence-corrected chi connectivity index (χ4v) is 4.23. The van der Waals surface area contributed by atoms with E-state index in [1.54, 1.807) is 0 Å². The molecule has 1 aliphatic heterocycles. The zero-order chi connectivity index (χ0) is 19.5. The van der Waals surface area contributed by atoms with E-state index in [0.717, 1.165) is 28.1 Å². The highest BCUT2D eigenvalue weighted by Crippen LogP contribution is 2.31. The van der Waals surface area contributed by atoms with Crippen molar-refractivity contribution in [3.63, 3.8) is 0 Å². The van der Waals surface area contributed by atoms with Gasteiger partial charge >= 0.3 is 0 Å². The van der Waals surface area contributed by atoms with E-state index in [1.807, 2.05) is 72.8 Å². The van der Waals surface area contributed by atoms with E-state index >= 15 is 0 Å². The highest BCUT2D eigenvalue weighted by atomic mass is 32.2. The Morgan fingerprint density at radius 1 is 0.929 bits per heavy atom. The summed E-state index contributed by atoms with van der Waals surface area (Å²) in [6, 6.07) is 22.8. The molecule has 0 unspecified atom stereocenters. The van der Waals surface area contributed by atoms with Crippen molar-refractivity contribution in [2.24, 2.45) is 0 Å². The monoisotopic (exact) mass is 390 g/mol. The summed E-state index contributed by atoms with van der Waals surface area (Å²) in [5.74, 6) is -0.594. The van der Waals surface area contributed by atoms with Crippen LogP contribution in [-0.2, 0) is 16.1 Å². The summed E-state index contributed by atoms with van der Waals surface area (Å²) < 4.78 is 0. The van der Waals surface area contributed by atoms with Gasteiger partial charge in [-0.3, -0.25) is 19.3 Å². The molecule has 140 valence electrons. The largest absolute Gasteiger partial charge is 0.325 e. The fraction of sp³-hybridized carbons (Fsp3) is 0.136. The molecule has 6 heteroatoms. The minimum Gasteiger partial charge on any atom is -0.325 e. The summed E-state index contributed by atoms with van der Waals surface area (Å²) in [5.41, 5.74) is 1.58. The Labute approximate surface area is 166 Å². The average molecular weight is 390 g/mol. The molecule has 0 aromatic heterocycles. The van der Waals surface area contributed by atoms with Gasteiger partial charge in [-0.05, 0) is 17.0 Å². The van der Waals surface area contributed by atoms with Gasteiger partial charge < -0.3 is 5.32 Å². The minimum atomic E-state index is -0.689. The third-order valence-electron chi connectivity index (χ3n) is 4.62. The number of thioether (sulfide) groups is 1. The highest BCUT2D eigenvalue weighted by Gasteiger charge is 2.40. The SMILES string of the molecule is O=C(C[C@H]1SC(=O)N(Cc2ccccc2)C1=O)Nc1cccc2ccccc12. The Hall–Kier alpha value is -3.12. The second kappa shape index (κ2) is 7.86. The molecule has 0 saturated carbocycles. The first-order valence-corrected chi connectivity index (χ1v) is 9.83. The van der Waals surface area contributed by atoms with Crippen LogP contribution in [0.4, 0.5) is 10.5 Å². The first-order valence-electron chi connectivity index (χ1n) is 8.95. The number of hydrogen-bond acceptors (Lipinski definition) is 4. The van der Waals surface area contributed by atoms with Gasteiger partial charge in [0.05, 0.1) is 6.54 Å². The number of fused-ring (bicyclic) bond motifs is 1. The lowest BCUT2D eigenvalue weighted by atomic mass is 10.1. The van der Waals surface area contributed by atoms with E-state index in [0.29, 0.717) is 5.69 Å². The summed E-state index contributed by atoms with van der Waals surface area (Å²) in [7, 11) is 0. The zero-order valence-corrected chi connectivity index (χ0v) is 15.8. The Balaban J connectivity index is 1.43. The molecular formula is C22H18N2O3S. The summed E-state index contributed by atoms with van der Waals surface area (Å²) in [4.78, 5) is 38.6. The maximum atomic E-state index is 12.6. The third kappa shape index (κ3) is 3.77. The Kier molecular flexibility index (Phi) is 5.12. The van der Waals surface area contributed by atoms with Gasteiger partial charge in [0, 0.05) is 17.5 Å². The number of carbonyl (C=O) groups is 3. The normalized spacial score (nSPS) is 16.6. The molecule has 4 rings (SSSR count). The zero-order valence-electron chi connectivity index (χ0n) is 15.0. The lowest BCUT2D eigenvalue weighted by molar-refractivity contribution is -0.129. The lowest BCUT2D eigenvalue weighted by Gasteiger charge is -2.14. The molecule has 1 fully saturated rings. The van der Waals surface area contributed by atoms with E-state index in [1.165, 1.54) is 4.90 Å². The second-order valence-electron chi connectivity index (χ2n) is 6.56. The maximum absolute atomic E-state index is 12.6. The van der Waals surface area contributed by atoms with Crippen LogP contribution in [0.15, 0.2) is 72.8 Å². The predicted octanol–water partition coefficient (Wildman–Crippen LogP) is 4.43. The van der Waals surface area contributed by atoms with Gasteiger partial charge in [0.2, 0.25) is 11.8 Å². The minimum absolute atomic E-state index is 0.0379. The topological polar surface area (TPSA) is 66.5 Å². The second-order valence-corrected chi connectivity index (χ2v) is 7.72. The Morgan fingerprint density at radius 2 is 1.64 bits per heavy atom. The highest BCUT2D eigenvalue weighted by molar-refractivity contribution is 8.15. The fourth-order valence-electron chi connectivity index (χ4n) is 3.24. The number of hydrogen-bond donors (Lipinski definition) is 1. The van der Waals surface area contributed by atoms with E-state index in [2.05, 4.69) is 5.32 Å². The molecule has 28 heavy (non-hydrogen) atoms. The molecule has 0 spiro atoms. The van der Waals surface area contributed by atoms with Crippen LogP contribution in [0.2, 0.25) is 0 Å². The first kappa shape index (κ1) is 18.3. The number of nitrogens with zero attached hydrogens (tertiary/aromatic N) is 1. The molecule has 0 radical (unpaired) electrons. The predicted molar refractivity (Wildman–Crippen MR) is 111 cm³/mol. The van der Waals surface area contributed by atoms with Crippen molar-refractivity contribution in [1.82, 2.24) is 4.90 Å². The van der Waals surface area contributed by atoms with Crippen LogP contribution in [0, 0.1) is 0 Å². The van der Waals surface area contributed by atoms with Crippen LogP contribution in [-0.4, -0.2) is 27.2 Å². The first-order chi connectivity index (χ1) is 13.6. The van der Waals surface area contributed by atoms with Crippen molar-refractivity contribution in [2.45, 2.75) is 18.2 Å². The van der Waals surface area contributed by atoms with Crippen LogP contribution in [0.3, 0.4) is 0 Å². The maximum Gasteiger partial charge on any atom is 0.289 e. The lowest BCUT2D eigenvalue weighted by Crippen LogP contribution is -2.32. The summed E-state index contributed by atoms with van der Waals surface area (Å²) in [6.07, 6.45) is -0.0379. The van der Waals surface area contributed by atoms with E-state index in [9.17, 15) is 14.4 Å². The van der Waals surface area contributed by atoms with Crippen LogP contribution in [0.5, 0.6) is 0 Å². The average Bonchev–Trinajstić information content (AvgIpc) is 2.96. The number of carbonyl (C=O) groups excluding carboxylic acids is 3. The summed E-state index contributed by atoms with van der Waals surface area (Å²) in [6.45, 7) is 0.229. The van der Waals surface area contributed by atoms with Gasteiger partial charge in [-0.25, -0.2) is 0 Å². The molecule has 1 atom stereocenters. The van der Waals surface area contributed by atoms with Gasteiger partial charge in [-0.1, -0.05) is 78.5 Å². The van der Waals surface area contributed by atoms with Crippen molar-refractivity contribution in [3.05, 3.63) is 78.4 Å². The molecule has 3 aromatic rings. The summed E-state index contributed by atoms with van der Waals surface area (Å²) in [5, 5.41) is 3.84. The number of amides is 3. The molecule has 0 bridgehead atoms. The van der Waals surface area contributed by atoms with Gasteiger partial charge in [0.25, 0.3) is 5.24 Å². The molecule has 3 amide bonds. The molecule has 1 heterocycles. The van der Waals surface area contributed by atoms with Gasteiger partial charge in [-0.15, -0.1) is 0 Å². The number of nitrogens with one attached hydrogen (secondary N) is 1.